The van der Waals surface area contributed by atoms with Crippen LogP contribution >= 0.6 is 0 Å². The monoisotopic (exact) mass is 310 g/mol. The standard InChI is InChI=1S/C14H18N2O4S/c1-11-6-7-13(12(9-11)5-3-4-8-17)21(19,20)16(2)10-14(15)18/h6-7,9,17H,4,8,10H2,1-2H3,(H2,15,18). The van der Waals surface area contributed by atoms with E-state index in [2.05, 4.69) is 11.8 Å². The quantitative estimate of drug-likeness (QED) is 0.738. The molecular formula is C14H18N2O4S. The number of hydrogen-bond donors (Lipinski definition) is 2. The number of nitrogens with two attached hydrogens (primary N) is 1. The van der Waals surface area contributed by atoms with Crippen LogP contribution in [0, 0.1) is 18.8 Å². The number of aliphatic hydroxyl groups is 1. The highest BCUT2D eigenvalue weighted by Crippen LogP contribution is 2.20. The summed E-state index contributed by atoms with van der Waals surface area (Å²) in [5, 5.41) is 8.74. The lowest BCUT2D eigenvalue weighted by atomic mass is 10.1. The third-order valence-electron chi connectivity index (χ3n) is 2.66. The molecule has 0 aliphatic heterocycles. The number of amides is 1. The summed E-state index contributed by atoms with van der Waals surface area (Å²) in [6.45, 7) is 1.32. The van der Waals surface area contributed by atoms with Gasteiger partial charge < -0.3 is 10.8 Å². The molecule has 21 heavy (non-hydrogen) atoms. The van der Waals surface area contributed by atoms with Crippen LogP contribution in [0.2, 0.25) is 0 Å². The van der Waals surface area contributed by atoms with Gasteiger partial charge in [-0.25, -0.2) is 8.42 Å². The van der Waals surface area contributed by atoms with Gasteiger partial charge in [0.2, 0.25) is 15.9 Å². The number of carbonyl (C=O) groups is 1. The Hall–Kier alpha value is -1.88. The van der Waals surface area contributed by atoms with Crippen molar-refractivity contribution in [2.45, 2.75) is 18.2 Å². The lowest BCUT2D eigenvalue weighted by molar-refractivity contribution is -0.118. The van der Waals surface area contributed by atoms with Crippen LogP contribution in [0.3, 0.4) is 0 Å². The Kier molecular flexibility index (Phi) is 5.90. The largest absolute Gasteiger partial charge is 0.395 e. The maximum absolute atomic E-state index is 12.4. The van der Waals surface area contributed by atoms with Crippen LogP contribution < -0.4 is 5.73 Å². The van der Waals surface area contributed by atoms with Crippen molar-refractivity contribution < 1.29 is 18.3 Å². The average molecular weight is 310 g/mol. The van der Waals surface area contributed by atoms with E-state index in [1.807, 2.05) is 6.92 Å². The molecule has 0 atom stereocenters. The second-order valence-corrected chi connectivity index (χ2v) is 6.52. The minimum atomic E-state index is -3.85. The Bertz CT molecular complexity index is 687. The summed E-state index contributed by atoms with van der Waals surface area (Å²) in [7, 11) is -2.57. The van der Waals surface area contributed by atoms with Crippen molar-refractivity contribution in [2.75, 3.05) is 20.2 Å². The number of aryl methyl sites for hydroxylation is 1. The van der Waals surface area contributed by atoms with Crippen molar-refractivity contribution in [2.24, 2.45) is 5.73 Å². The molecule has 6 nitrogen and oxygen atoms in total. The van der Waals surface area contributed by atoms with Gasteiger partial charge >= 0.3 is 0 Å². The van der Waals surface area contributed by atoms with E-state index in [-0.39, 0.29) is 17.9 Å². The smallest absolute Gasteiger partial charge is 0.244 e. The Morgan fingerprint density at radius 1 is 1.43 bits per heavy atom. The maximum Gasteiger partial charge on any atom is 0.244 e. The molecule has 1 aromatic carbocycles. The molecule has 0 bridgehead atoms. The molecule has 0 unspecified atom stereocenters. The van der Waals surface area contributed by atoms with E-state index in [1.54, 1.807) is 12.1 Å². The van der Waals surface area contributed by atoms with E-state index >= 15 is 0 Å². The number of benzene rings is 1. The number of aliphatic hydroxyl groups excluding tert-OH is 1. The van der Waals surface area contributed by atoms with E-state index in [4.69, 9.17) is 10.8 Å². The zero-order chi connectivity index (χ0) is 16.0. The van der Waals surface area contributed by atoms with Crippen LogP contribution in [-0.4, -0.2) is 43.9 Å². The van der Waals surface area contributed by atoms with Crippen molar-refractivity contribution in [3.05, 3.63) is 29.3 Å². The van der Waals surface area contributed by atoms with Gasteiger partial charge in [0.1, 0.15) is 0 Å². The molecular weight excluding hydrogens is 292 g/mol. The highest BCUT2D eigenvalue weighted by Gasteiger charge is 2.24. The van der Waals surface area contributed by atoms with Gasteiger partial charge in [-0.05, 0) is 24.6 Å². The zero-order valence-corrected chi connectivity index (χ0v) is 12.8. The third kappa shape index (κ3) is 4.56. The first kappa shape index (κ1) is 17.2. The molecule has 1 amide bonds. The molecule has 0 spiro atoms. The molecule has 0 fully saturated rings. The molecule has 1 aromatic rings. The number of likely N-dealkylation sites (N-methyl/N-ethyl adjacent to an activating group) is 1. The van der Waals surface area contributed by atoms with E-state index in [1.165, 1.54) is 13.1 Å². The van der Waals surface area contributed by atoms with Crippen LogP contribution in [0.25, 0.3) is 0 Å². The first-order valence-corrected chi connectivity index (χ1v) is 7.68. The molecule has 0 aliphatic carbocycles. The molecule has 0 aliphatic rings. The lowest BCUT2D eigenvalue weighted by Gasteiger charge is -2.16. The molecule has 114 valence electrons. The highest BCUT2D eigenvalue weighted by molar-refractivity contribution is 7.89. The van der Waals surface area contributed by atoms with Crippen molar-refractivity contribution in [3.8, 4) is 11.8 Å². The molecule has 0 saturated carbocycles. The molecule has 0 aromatic heterocycles. The van der Waals surface area contributed by atoms with E-state index < -0.39 is 22.5 Å². The molecule has 0 radical (unpaired) electrons. The predicted molar refractivity (Wildman–Crippen MR) is 78.8 cm³/mol. The van der Waals surface area contributed by atoms with Crippen molar-refractivity contribution in [3.63, 3.8) is 0 Å². The summed E-state index contributed by atoms with van der Waals surface area (Å²) >= 11 is 0. The highest BCUT2D eigenvalue weighted by atomic mass is 32.2. The summed E-state index contributed by atoms with van der Waals surface area (Å²) in [5.74, 6) is 4.70. The van der Waals surface area contributed by atoms with Gasteiger partial charge in [0, 0.05) is 19.0 Å². The van der Waals surface area contributed by atoms with Crippen LogP contribution in [0.5, 0.6) is 0 Å². The zero-order valence-electron chi connectivity index (χ0n) is 12.0. The number of sulfonamides is 1. The predicted octanol–water partition coefficient (Wildman–Crippen LogP) is -0.165. The lowest BCUT2D eigenvalue weighted by Crippen LogP contribution is -2.35. The fraction of sp³-hybridized carbons (Fsp3) is 0.357. The molecule has 1 rings (SSSR count). The Labute approximate surface area is 124 Å². The summed E-state index contributed by atoms with van der Waals surface area (Å²) < 4.78 is 25.8. The minimum Gasteiger partial charge on any atom is -0.395 e. The van der Waals surface area contributed by atoms with E-state index in [9.17, 15) is 13.2 Å². The third-order valence-corrected chi connectivity index (χ3v) is 4.52. The SMILES string of the molecule is Cc1ccc(S(=O)(=O)N(C)CC(N)=O)c(C#CCCO)c1. The second kappa shape index (κ2) is 7.22. The Morgan fingerprint density at radius 2 is 2.10 bits per heavy atom. The van der Waals surface area contributed by atoms with E-state index in [0.717, 1.165) is 9.87 Å². The number of primary amides is 1. The van der Waals surface area contributed by atoms with Crippen molar-refractivity contribution >= 4 is 15.9 Å². The fourth-order valence-corrected chi connectivity index (χ4v) is 2.91. The van der Waals surface area contributed by atoms with Crippen LogP contribution in [0.15, 0.2) is 23.1 Å². The van der Waals surface area contributed by atoms with Gasteiger partial charge in [0.25, 0.3) is 0 Å². The average Bonchev–Trinajstić information content (AvgIpc) is 2.38. The Balaban J connectivity index is 3.29. The molecule has 0 saturated heterocycles. The summed E-state index contributed by atoms with van der Waals surface area (Å²) in [6, 6.07) is 4.75. The first-order valence-electron chi connectivity index (χ1n) is 6.24. The minimum absolute atomic E-state index is 0.0160. The molecule has 0 heterocycles. The van der Waals surface area contributed by atoms with Gasteiger partial charge in [-0.1, -0.05) is 17.9 Å². The van der Waals surface area contributed by atoms with Crippen molar-refractivity contribution in [1.82, 2.24) is 4.31 Å². The fourth-order valence-electron chi connectivity index (χ4n) is 1.65. The van der Waals surface area contributed by atoms with Gasteiger partial charge in [-0.3, -0.25) is 4.79 Å². The summed E-state index contributed by atoms with van der Waals surface area (Å²) in [6.07, 6.45) is 0.255. The van der Waals surface area contributed by atoms with E-state index in [0.29, 0.717) is 5.56 Å². The Morgan fingerprint density at radius 3 is 2.67 bits per heavy atom. The first-order chi connectivity index (χ1) is 9.78. The van der Waals surface area contributed by atoms with Gasteiger partial charge in [-0.15, -0.1) is 0 Å². The van der Waals surface area contributed by atoms with Gasteiger partial charge in [0.15, 0.2) is 0 Å². The summed E-state index contributed by atoms with van der Waals surface area (Å²) in [4.78, 5) is 10.9. The summed E-state index contributed by atoms with van der Waals surface area (Å²) in [5.41, 5.74) is 6.22. The van der Waals surface area contributed by atoms with Gasteiger partial charge in [-0.2, -0.15) is 4.31 Å². The number of rotatable bonds is 5. The second-order valence-electron chi connectivity index (χ2n) is 4.50. The number of carbonyl (C=O) groups excluding carboxylic acids is 1. The van der Waals surface area contributed by atoms with Crippen LogP contribution in [0.4, 0.5) is 0 Å². The van der Waals surface area contributed by atoms with Gasteiger partial charge in [0.05, 0.1) is 18.0 Å². The maximum atomic E-state index is 12.4. The van der Waals surface area contributed by atoms with Crippen LogP contribution in [-0.2, 0) is 14.8 Å². The topological polar surface area (TPSA) is 101 Å². The van der Waals surface area contributed by atoms with Crippen molar-refractivity contribution in [1.29, 1.82) is 0 Å². The normalized spacial score (nSPS) is 11.0. The van der Waals surface area contributed by atoms with Crippen LogP contribution in [0.1, 0.15) is 17.5 Å². The molecule has 3 N–H and O–H groups in total. The number of nitrogens with zero attached hydrogens (tertiary/aromatic N) is 1. The molecule has 7 heteroatoms. The number of hydrogen-bond acceptors (Lipinski definition) is 4.